The third-order valence-electron chi connectivity index (χ3n) is 1.88. The summed E-state index contributed by atoms with van der Waals surface area (Å²) in [7, 11) is 0.453. The van der Waals surface area contributed by atoms with Crippen molar-refractivity contribution < 1.29 is 24.0 Å². The number of carboxylic acids is 1. The minimum Gasteiger partial charge on any atom is -0.497 e. The van der Waals surface area contributed by atoms with E-state index in [1.54, 1.807) is 31.4 Å². The summed E-state index contributed by atoms with van der Waals surface area (Å²) in [5.74, 6) is 0.114. The second-order valence-electron chi connectivity index (χ2n) is 3.15. The summed E-state index contributed by atoms with van der Waals surface area (Å²) in [4.78, 5) is 15.8. The molecule has 0 spiro atoms. The molecule has 1 rings (SSSR count). The lowest BCUT2D eigenvalue weighted by Gasteiger charge is -2.18. The maximum Gasteiger partial charge on any atom is 0.321 e. The molecule has 0 saturated heterocycles. The van der Waals surface area contributed by atoms with Gasteiger partial charge in [-0.2, -0.15) is 0 Å². The van der Waals surface area contributed by atoms with Gasteiger partial charge in [-0.1, -0.05) is 0 Å². The van der Waals surface area contributed by atoms with Crippen molar-refractivity contribution in [1.29, 1.82) is 0 Å². The first kappa shape index (κ1) is 13.5. The van der Waals surface area contributed by atoms with Crippen molar-refractivity contribution in [3.63, 3.8) is 0 Å². The second-order valence-corrected chi connectivity index (χ2v) is 3.85. The van der Waals surface area contributed by atoms with E-state index < -0.39 is 14.4 Å². The van der Waals surface area contributed by atoms with E-state index in [1.165, 1.54) is 0 Å². The standard InChI is InChI=1S/C10H14NO5P/c1-15-8-2-4-9(5-3-8)16-11(7-17-14)6-10(12)13/h2-5H,6-7,17H2,1H3,(H,12,13). The van der Waals surface area contributed by atoms with Crippen LogP contribution in [0.25, 0.3) is 0 Å². The third-order valence-corrected chi connectivity index (χ3v) is 2.44. The molecule has 1 unspecified atom stereocenters. The van der Waals surface area contributed by atoms with E-state index >= 15 is 0 Å². The Labute approximate surface area is 99.9 Å². The zero-order valence-corrected chi connectivity index (χ0v) is 10.5. The molecule has 1 N–H and O–H groups in total. The lowest BCUT2D eigenvalue weighted by molar-refractivity contribution is -0.146. The van der Waals surface area contributed by atoms with E-state index in [-0.39, 0.29) is 12.8 Å². The first-order chi connectivity index (χ1) is 8.15. The number of ether oxygens (including phenoxy) is 1. The van der Waals surface area contributed by atoms with Crippen LogP contribution in [-0.2, 0) is 9.36 Å². The van der Waals surface area contributed by atoms with Crippen LogP contribution in [0, 0.1) is 0 Å². The number of rotatable bonds is 7. The van der Waals surface area contributed by atoms with Crippen LogP contribution in [-0.4, -0.2) is 36.1 Å². The Bertz CT molecular complexity index is 381. The first-order valence-corrected chi connectivity index (χ1v) is 6.17. The zero-order chi connectivity index (χ0) is 12.7. The lowest BCUT2D eigenvalue weighted by Crippen LogP contribution is -2.31. The van der Waals surface area contributed by atoms with Gasteiger partial charge in [-0.05, 0) is 24.3 Å². The molecule has 0 amide bonds. The number of benzene rings is 1. The predicted molar refractivity (Wildman–Crippen MR) is 63.2 cm³/mol. The Morgan fingerprint density at radius 1 is 1.35 bits per heavy atom. The molecule has 0 radical (unpaired) electrons. The maximum atomic E-state index is 10.6. The van der Waals surface area contributed by atoms with Gasteiger partial charge in [0, 0.05) is 0 Å². The summed E-state index contributed by atoms with van der Waals surface area (Å²) in [5.41, 5.74) is 0. The highest BCUT2D eigenvalue weighted by molar-refractivity contribution is 7.23. The minimum atomic E-state index is -1.10. The van der Waals surface area contributed by atoms with Crippen molar-refractivity contribution in [3.8, 4) is 11.5 Å². The predicted octanol–water partition coefficient (Wildman–Crippen LogP) is 1.09. The molecule has 1 aromatic rings. The molecule has 0 fully saturated rings. The Hall–Kier alpha value is -1.52. The highest BCUT2D eigenvalue weighted by Crippen LogP contribution is 2.18. The van der Waals surface area contributed by atoms with Crippen LogP contribution >= 0.6 is 8.46 Å². The van der Waals surface area contributed by atoms with E-state index in [2.05, 4.69) is 0 Å². The Balaban J connectivity index is 2.64. The van der Waals surface area contributed by atoms with E-state index in [9.17, 15) is 9.36 Å². The summed E-state index contributed by atoms with van der Waals surface area (Å²) in [6.45, 7) is -0.318. The molecular formula is C10H14NO5P. The van der Waals surface area contributed by atoms with Crippen LogP contribution in [0.2, 0.25) is 0 Å². The normalized spacial score (nSPS) is 10.9. The van der Waals surface area contributed by atoms with Crippen LogP contribution in [0.15, 0.2) is 24.3 Å². The van der Waals surface area contributed by atoms with Crippen molar-refractivity contribution in [2.45, 2.75) is 0 Å². The smallest absolute Gasteiger partial charge is 0.321 e. The van der Waals surface area contributed by atoms with E-state index in [0.29, 0.717) is 11.5 Å². The van der Waals surface area contributed by atoms with Gasteiger partial charge in [0.05, 0.1) is 21.9 Å². The molecule has 1 atom stereocenters. The van der Waals surface area contributed by atoms with Gasteiger partial charge in [0.2, 0.25) is 0 Å². The molecule has 6 nitrogen and oxygen atoms in total. The highest BCUT2D eigenvalue weighted by Gasteiger charge is 2.10. The van der Waals surface area contributed by atoms with Crippen molar-refractivity contribution in [2.75, 3.05) is 19.9 Å². The van der Waals surface area contributed by atoms with Crippen molar-refractivity contribution in [3.05, 3.63) is 24.3 Å². The maximum absolute atomic E-state index is 10.6. The number of methoxy groups -OCH3 is 1. The second kappa shape index (κ2) is 6.93. The molecule has 17 heavy (non-hydrogen) atoms. The molecule has 0 aliphatic heterocycles. The molecule has 0 saturated carbocycles. The highest BCUT2D eigenvalue weighted by atomic mass is 31.1. The number of hydrogen-bond donors (Lipinski definition) is 1. The quantitative estimate of drug-likeness (QED) is 0.583. The fourth-order valence-electron chi connectivity index (χ4n) is 1.15. The third kappa shape index (κ3) is 4.89. The number of hydroxylamine groups is 2. The number of nitrogens with zero attached hydrogens (tertiary/aromatic N) is 1. The average Bonchev–Trinajstić information content (AvgIpc) is 2.29. The van der Waals surface area contributed by atoms with E-state index in [0.717, 1.165) is 5.06 Å². The summed E-state index contributed by atoms with van der Waals surface area (Å²) >= 11 is 0. The molecule has 7 heteroatoms. The fourth-order valence-corrected chi connectivity index (χ4v) is 1.52. The van der Waals surface area contributed by atoms with Crippen molar-refractivity contribution in [1.82, 2.24) is 5.06 Å². The number of carboxylic acid groups (broad SMARTS) is 1. The first-order valence-electron chi connectivity index (χ1n) is 4.88. The summed E-state index contributed by atoms with van der Waals surface area (Å²) < 4.78 is 15.5. The Morgan fingerprint density at radius 3 is 2.41 bits per heavy atom. The van der Waals surface area contributed by atoms with E-state index in [4.69, 9.17) is 14.7 Å². The average molecular weight is 259 g/mol. The zero-order valence-electron chi connectivity index (χ0n) is 9.33. The molecule has 0 aliphatic carbocycles. The topological polar surface area (TPSA) is 76.1 Å². The van der Waals surface area contributed by atoms with Gasteiger partial charge in [0.15, 0.2) is 0 Å². The molecule has 1 aromatic carbocycles. The van der Waals surface area contributed by atoms with Gasteiger partial charge in [-0.15, -0.1) is 5.06 Å². The Morgan fingerprint density at radius 2 is 1.94 bits per heavy atom. The monoisotopic (exact) mass is 259 g/mol. The van der Waals surface area contributed by atoms with Gasteiger partial charge in [-0.25, -0.2) is 0 Å². The summed E-state index contributed by atoms with van der Waals surface area (Å²) in [5, 5.41) is 9.78. The number of carbonyl (C=O) groups is 1. The van der Waals surface area contributed by atoms with Crippen molar-refractivity contribution in [2.24, 2.45) is 0 Å². The van der Waals surface area contributed by atoms with Crippen molar-refractivity contribution >= 4 is 14.4 Å². The van der Waals surface area contributed by atoms with Gasteiger partial charge in [-0.3, -0.25) is 4.79 Å². The molecule has 94 valence electrons. The Kier molecular flexibility index (Phi) is 5.52. The molecule has 0 heterocycles. The largest absolute Gasteiger partial charge is 0.497 e. The lowest BCUT2D eigenvalue weighted by atomic mass is 10.3. The van der Waals surface area contributed by atoms with Crippen LogP contribution in [0.4, 0.5) is 0 Å². The number of aliphatic carboxylic acids is 1. The van der Waals surface area contributed by atoms with Gasteiger partial charge in [0.25, 0.3) is 0 Å². The summed E-state index contributed by atoms with van der Waals surface area (Å²) in [6, 6.07) is 6.68. The molecule has 0 bridgehead atoms. The summed E-state index contributed by atoms with van der Waals surface area (Å²) in [6.07, 6.45) is 0.0956. The fraction of sp³-hybridized carbons (Fsp3) is 0.300. The van der Waals surface area contributed by atoms with Crippen LogP contribution < -0.4 is 9.57 Å². The van der Waals surface area contributed by atoms with Crippen LogP contribution in [0.1, 0.15) is 0 Å². The van der Waals surface area contributed by atoms with E-state index in [1.807, 2.05) is 0 Å². The molecular weight excluding hydrogens is 245 g/mol. The van der Waals surface area contributed by atoms with Gasteiger partial charge < -0.3 is 19.2 Å². The van der Waals surface area contributed by atoms with Gasteiger partial charge >= 0.3 is 5.97 Å². The SMILES string of the molecule is COc1ccc(ON(C[PH2]=O)CC(=O)O)cc1. The minimum absolute atomic E-state index is 0.0956. The van der Waals surface area contributed by atoms with Crippen LogP contribution in [0.3, 0.4) is 0 Å². The molecule has 0 aliphatic rings. The van der Waals surface area contributed by atoms with Crippen LogP contribution in [0.5, 0.6) is 11.5 Å². The molecule has 0 aromatic heterocycles. The number of hydrogen-bond acceptors (Lipinski definition) is 5. The van der Waals surface area contributed by atoms with Gasteiger partial charge in [0.1, 0.15) is 18.0 Å².